The molecule has 2 heterocycles. The molecule has 0 fully saturated rings. The van der Waals surface area contributed by atoms with Crippen LogP contribution < -0.4 is 0 Å². The molecule has 84 valence electrons. The van der Waals surface area contributed by atoms with Crippen molar-refractivity contribution in [2.45, 2.75) is 13.0 Å². The average Bonchev–Trinajstić information content (AvgIpc) is 2.82. The van der Waals surface area contributed by atoms with Crippen LogP contribution in [0.1, 0.15) is 6.42 Å². The summed E-state index contributed by atoms with van der Waals surface area (Å²) >= 11 is 5.77. The minimum atomic E-state index is -0.917. The summed E-state index contributed by atoms with van der Waals surface area (Å²) in [6.45, 7) is 0.180. The first-order valence-electron chi connectivity index (χ1n) is 4.40. The van der Waals surface area contributed by atoms with Crippen molar-refractivity contribution in [3.05, 3.63) is 17.5 Å². The molecule has 0 aliphatic heterocycles. The van der Waals surface area contributed by atoms with Gasteiger partial charge in [-0.3, -0.25) is 4.79 Å². The highest BCUT2D eigenvalue weighted by Gasteiger charge is 2.15. The molecule has 7 nitrogen and oxygen atoms in total. The second kappa shape index (κ2) is 4.31. The number of carboxylic acids is 1. The molecule has 0 aliphatic carbocycles. The first-order valence-corrected chi connectivity index (χ1v) is 4.77. The van der Waals surface area contributed by atoms with Gasteiger partial charge in [0.2, 0.25) is 5.22 Å². The van der Waals surface area contributed by atoms with E-state index in [1.54, 1.807) is 6.07 Å². The molecule has 2 rings (SSSR count). The topological polar surface area (TPSA) is 94.0 Å². The maximum Gasteiger partial charge on any atom is 0.305 e. The van der Waals surface area contributed by atoms with Crippen molar-refractivity contribution >= 4 is 17.6 Å². The monoisotopic (exact) mass is 242 g/mol. The van der Waals surface area contributed by atoms with Gasteiger partial charge in [0, 0.05) is 0 Å². The Morgan fingerprint density at radius 1 is 1.62 bits per heavy atom. The Kier molecular flexibility index (Phi) is 2.86. The number of tetrazole rings is 1. The molecule has 0 radical (unpaired) electrons. The fourth-order valence-electron chi connectivity index (χ4n) is 1.20. The molecule has 0 aromatic carbocycles. The number of aryl methyl sites for hydroxylation is 1. The molecule has 0 spiro atoms. The van der Waals surface area contributed by atoms with E-state index < -0.39 is 5.97 Å². The first-order chi connectivity index (χ1) is 7.68. The van der Waals surface area contributed by atoms with Gasteiger partial charge >= 0.3 is 5.97 Å². The molecule has 0 atom stereocenters. The number of nitrogens with zero attached hydrogens (tertiary/aromatic N) is 4. The van der Waals surface area contributed by atoms with Gasteiger partial charge in [-0.05, 0) is 28.1 Å². The number of rotatable bonds is 4. The summed E-state index contributed by atoms with van der Waals surface area (Å²) in [6, 6.07) is 1.62. The fraction of sp³-hybridized carbons (Fsp3) is 0.250. The van der Waals surface area contributed by atoms with Gasteiger partial charge in [-0.2, -0.15) is 0 Å². The SMILES string of the molecule is O=C(O)CCn1nnnc1-c1ccoc1Cl. The van der Waals surface area contributed by atoms with Crippen molar-refractivity contribution < 1.29 is 14.3 Å². The minimum absolute atomic E-state index is 0.0620. The largest absolute Gasteiger partial charge is 0.481 e. The van der Waals surface area contributed by atoms with Crippen LogP contribution in [0.2, 0.25) is 5.22 Å². The zero-order chi connectivity index (χ0) is 11.5. The molecule has 16 heavy (non-hydrogen) atoms. The predicted octanol–water partition coefficient (Wildman–Crippen LogP) is 1.06. The molecule has 0 aliphatic rings. The average molecular weight is 243 g/mol. The molecule has 0 unspecified atom stereocenters. The van der Waals surface area contributed by atoms with E-state index in [2.05, 4.69) is 15.5 Å². The van der Waals surface area contributed by atoms with Gasteiger partial charge in [0.15, 0.2) is 5.82 Å². The second-order valence-corrected chi connectivity index (χ2v) is 3.32. The zero-order valence-corrected chi connectivity index (χ0v) is 8.76. The van der Waals surface area contributed by atoms with Crippen molar-refractivity contribution in [1.29, 1.82) is 0 Å². The van der Waals surface area contributed by atoms with E-state index in [0.717, 1.165) is 0 Å². The third-order valence-electron chi connectivity index (χ3n) is 1.93. The summed E-state index contributed by atoms with van der Waals surface area (Å²) in [4.78, 5) is 10.4. The van der Waals surface area contributed by atoms with Crippen molar-refractivity contribution in [3.8, 4) is 11.4 Å². The van der Waals surface area contributed by atoms with Crippen LogP contribution in [0.5, 0.6) is 0 Å². The number of halogens is 1. The van der Waals surface area contributed by atoms with Crippen LogP contribution >= 0.6 is 11.6 Å². The number of carbonyl (C=O) groups is 1. The lowest BCUT2D eigenvalue weighted by Crippen LogP contribution is -2.07. The highest BCUT2D eigenvalue weighted by molar-refractivity contribution is 6.31. The Morgan fingerprint density at radius 3 is 3.06 bits per heavy atom. The van der Waals surface area contributed by atoms with Crippen LogP contribution in [0.3, 0.4) is 0 Å². The molecule has 2 aromatic heterocycles. The van der Waals surface area contributed by atoms with Gasteiger partial charge in [-0.25, -0.2) is 4.68 Å². The van der Waals surface area contributed by atoms with Crippen LogP contribution in [0.4, 0.5) is 0 Å². The summed E-state index contributed by atoms with van der Waals surface area (Å²) < 4.78 is 6.28. The standard InChI is InChI=1S/C8H7ClN4O3/c9-7-5(2-4-16-7)8-10-11-12-13(8)3-1-6(14)15/h2,4H,1,3H2,(H,14,15). The maximum absolute atomic E-state index is 10.4. The van der Waals surface area contributed by atoms with Gasteiger partial charge in [-0.15, -0.1) is 5.10 Å². The zero-order valence-electron chi connectivity index (χ0n) is 8.00. The van der Waals surface area contributed by atoms with Crippen LogP contribution in [-0.4, -0.2) is 31.3 Å². The van der Waals surface area contributed by atoms with E-state index in [4.69, 9.17) is 21.1 Å². The number of aliphatic carboxylic acids is 1. The van der Waals surface area contributed by atoms with Crippen molar-refractivity contribution in [3.63, 3.8) is 0 Å². The Morgan fingerprint density at radius 2 is 2.44 bits per heavy atom. The second-order valence-electron chi connectivity index (χ2n) is 2.98. The predicted molar refractivity (Wildman–Crippen MR) is 52.8 cm³/mol. The Labute approximate surface area is 94.6 Å². The quantitative estimate of drug-likeness (QED) is 0.862. The molecule has 0 amide bonds. The number of furan rings is 1. The molecule has 1 N–H and O–H groups in total. The smallest absolute Gasteiger partial charge is 0.305 e. The molecule has 0 saturated carbocycles. The van der Waals surface area contributed by atoms with Crippen molar-refractivity contribution in [1.82, 2.24) is 20.2 Å². The number of aromatic nitrogens is 4. The lowest BCUT2D eigenvalue weighted by atomic mass is 10.3. The van der Waals surface area contributed by atoms with Crippen molar-refractivity contribution in [2.24, 2.45) is 0 Å². The normalized spacial score (nSPS) is 10.6. The first kappa shape index (κ1) is 10.6. The number of carboxylic acid groups (broad SMARTS) is 1. The van der Waals surface area contributed by atoms with Gasteiger partial charge in [-0.1, -0.05) is 0 Å². The number of hydrogen-bond donors (Lipinski definition) is 1. The molecule has 2 aromatic rings. The van der Waals surface area contributed by atoms with E-state index in [1.165, 1.54) is 10.9 Å². The summed E-state index contributed by atoms with van der Waals surface area (Å²) in [5.74, 6) is -0.528. The Hall–Kier alpha value is -1.89. The Balaban J connectivity index is 2.26. The van der Waals surface area contributed by atoms with E-state index in [0.29, 0.717) is 11.4 Å². The third kappa shape index (κ3) is 2.03. The third-order valence-corrected chi connectivity index (χ3v) is 2.22. The maximum atomic E-state index is 10.4. The van der Waals surface area contributed by atoms with Crippen LogP contribution in [-0.2, 0) is 11.3 Å². The fourth-order valence-corrected chi connectivity index (χ4v) is 1.40. The molecule has 8 heteroatoms. The van der Waals surface area contributed by atoms with Crippen LogP contribution in [0.25, 0.3) is 11.4 Å². The molecule has 0 saturated heterocycles. The van der Waals surface area contributed by atoms with Gasteiger partial charge in [0.05, 0.1) is 24.8 Å². The van der Waals surface area contributed by atoms with Crippen molar-refractivity contribution in [2.75, 3.05) is 0 Å². The number of hydrogen-bond acceptors (Lipinski definition) is 5. The van der Waals surface area contributed by atoms with Gasteiger partial charge in [0.1, 0.15) is 0 Å². The van der Waals surface area contributed by atoms with E-state index in [-0.39, 0.29) is 18.2 Å². The van der Waals surface area contributed by atoms with Gasteiger partial charge in [0.25, 0.3) is 0 Å². The lowest BCUT2D eigenvalue weighted by molar-refractivity contribution is -0.137. The highest BCUT2D eigenvalue weighted by Crippen LogP contribution is 2.26. The molecule has 0 bridgehead atoms. The van der Waals surface area contributed by atoms with Gasteiger partial charge < -0.3 is 9.52 Å². The highest BCUT2D eigenvalue weighted by atomic mass is 35.5. The minimum Gasteiger partial charge on any atom is -0.481 e. The van der Waals surface area contributed by atoms with Crippen LogP contribution in [0, 0.1) is 0 Å². The Bertz CT molecular complexity index is 507. The summed E-state index contributed by atoms with van der Waals surface area (Å²) in [7, 11) is 0. The summed E-state index contributed by atoms with van der Waals surface area (Å²) in [5, 5.41) is 19.6. The molecular formula is C8H7ClN4O3. The van der Waals surface area contributed by atoms with E-state index >= 15 is 0 Å². The summed E-state index contributed by atoms with van der Waals surface area (Å²) in [5.41, 5.74) is 0.539. The lowest BCUT2D eigenvalue weighted by Gasteiger charge is -2.00. The van der Waals surface area contributed by atoms with E-state index in [1.807, 2.05) is 0 Å². The van der Waals surface area contributed by atoms with Crippen LogP contribution in [0.15, 0.2) is 16.7 Å². The summed E-state index contributed by atoms with van der Waals surface area (Å²) in [6.07, 6.45) is 1.35. The van der Waals surface area contributed by atoms with E-state index in [9.17, 15) is 4.79 Å². The molecular weight excluding hydrogens is 236 g/mol.